The fraction of sp³-hybridized carbons (Fsp3) is 0.278. The molecule has 0 radical (unpaired) electrons. The van der Waals surface area contributed by atoms with Crippen LogP contribution in [-0.4, -0.2) is 23.6 Å². The predicted octanol–water partition coefficient (Wildman–Crippen LogP) is 4.76. The van der Waals surface area contributed by atoms with E-state index < -0.39 is 4.92 Å². The molecule has 1 amide bonds. The molecule has 24 heavy (non-hydrogen) atoms. The molecule has 0 spiro atoms. The Bertz CT molecular complexity index is 719. The number of carbonyl (C=O) groups excluding carboxylic acids is 1. The lowest BCUT2D eigenvalue weighted by atomic mass is 10.1. The van der Waals surface area contributed by atoms with Gasteiger partial charge in [0.05, 0.1) is 9.82 Å². The molecule has 0 aliphatic carbocycles. The van der Waals surface area contributed by atoms with Gasteiger partial charge in [-0.3, -0.25) is 14.9 Å². The minimum absolute atomic E-state index is 0.0307. The SMILES string of the molecule is CCCCN(C(=O)c1ccc(SC)c([N+](=O)[O-])c1)c1ccccc1. The second-order valence-electron chi connectivity index (χ2n) is 5.29. The monoisotopic (exact) mass is 344 g/mol. The average molecular weight is 344 g/mol. The summed E-state index contributed by atoms with van der Waals surface area (Å²) < 4.78 is 0. The number of hydrogen-bond acceptors (Lipinski definition) is 4. The van der Waals surface area contributed by atoms with Crippen LogP contribution in [-0.2, 0) is 0 Å². The maximum absolute atomic E-state index is 12.9. The summed E-state index contributed by atoms with van der Waals surface area (Å²) in [7, 11) is 0. The van der Waals surface area contributed by atoms with Crippen molar-refractivity contribution in [3.05, 3.63) is 64.2 Å². The number of unbranched alkanes of at least 4 members (excludes halogenated alkanes) is 1. The van der Waals surface area contributed by atoms with Crippen molar-refractivity contribution in [1.82, 2.24) is 0 Å². The van der Waals surface area contributed by atoms with Crippen molar-refractivity contribution in [2.45, 2.75) is 24.7 Å². The first-order valence-electron chi connectivity index (χ1n) is 7.77. The number of nitro benzene ring substituents is 1. The number of para-hydroxylation sites is 1. The Hall–Kier alpha value is -2.34. The zero-order chi connectivity index (χ0) is 17.5. The molecule has 2 aromatic rings. The van der Waals surface area contributed by atoms with Crippen LogP contribution in [0.25, 0.3) is 0 Å². The van der Waals surface area contributed by atoms with Gasteiger partial charge in [0.2, 0.25) is 0 Å². The van der Waals surface area contributed by atoms with Crippen molar-refractivity contribution in [2.75, 3.05) is 17.7 Å². The third-order valence-corrected chi connectivity index (χ3v) is 4.46. The lowest BCUT2D eigenvalue weighted by Crippen LogP contribution is -2.31. The molecule has 0 aliphatic rings. The van der Waals surface area contributed by atoms with Gasteiger partial charge in [-0.25, -0.2) is 0 Å². The topological polar surface area (TPSA) is 63.5 Å². The maximum Gasteiger partial charge on any atom is 0.283 e. The quantitative estimate of drug-likeness (QED) is 0.412. The highest BCUT2D eigenvalue weighted by Gasteiger charge is 2.21. The van der Waals surface area contributed by atoms with E-state index in [1.165, 1.54) is 17.8 Å². The highest BCUT2D eigenvalue weighted by atomic mass is 32.2. The van der Waals surface area contributed by atoms with Crippen molar-refractivity contribution in [3.8, 4) is 0 Å². The van der Waals surface area contributed by atoms with E-state index in [1.807, 2.05) is 30.3 Å². The molecule has 0 heterocycles. The van der Waals surface area contributed by atoms with Gasteiger partial charge in [0.15, 0.2) is 0 Å². The van der Waals surface area contributed by atoms with E-state index in [0.717, 1.165) is 18.5 Å². The number of amides is 1. The molecule has 0 aliphatic heterocycles. The van der Waals surface area contributed by atoms with Crippen molar-refractivity contribution >= 4 is 29.0 Å². The maximum atomic E-state index is 12.9. The number of benzene rings is 2. The van der Waals surface area contributed by atoms with E-state index in [0.29, 0.717) is 17.0 Å². The van der Waals surface area contributed by atoms with Crippen molar-refractivity contribution in [1.29, 1.82) is 0 Å². The standard InChI is InChI=1S/C18H20N2O3S/c1-3-4-12-19(15-8-6-5-7-9-15)18(21)14-10-11-17(24-2)16(13-14)20(22)23/h5-11,13H,3-4,12H2,1-2H3. The van der Waals surface area contributed by atoms with E-state index in [2.05, 4.69) is 6.92 Å². The zero-order valence-corrected chi connectivity index (χ0v) is 14.6. The number of nitrogens with zero attached hydrogens (tertiary/aromatic N) is 2. The number of rotatable bonds is 7. The van der Waals surface area contributed by atoms with Gasteiger partial charge in [-0.1, -0.05) is 31.5 Å². The summed E-state index contributed by atoms with van der Waals surface area (Å²) >= 11 is 1.30. The van der Waals surface area contributed by atoms with Gasteiger partial charge in [-0.05, 0) is 36.9 Å². The second kappa shape index (κ2) is 8.49. The first kappa shape index (κ1) is 18.0. The van der Waals surface area contributed by atoms with Gasteiger partial charge < -0.3 is 4.90 Å². The van der Waals surface area contributed by atoms with E-state index in [4.69, 9.17) is 0 Å². The van der Waals surface area contributed by atoms with Crippen LogP contribution < -0.4 is 4.90 Å². The van der Waals surface area contributed by atoms with Gasteiger partial charge in [0.25, 0.3) is 11.6 Å². The second-order valence-corrected chi connectivity index (χ2v) is 6.14. The van der Waals surface area contributed by atoms with Crippen LogP contribution in [0.4, 0.5) is 11.4 Å². The summed E-state index contributed by atoms with van der Waals surface area (Å²) in [5.74, 6) is -0.217. The number of carbonyl (C=O) groups is 1. The van der Waals surface area contributed by atoms with E-state index in [1.54, 1.807) is 23.3 Å². The molecule has 0 saturated carbocycles. The van der Waals surface area contributed by atoms with Gasteiger partial charge in [-0.15, -0.1) is 11.8 Å². The van der Waals surface area contributed by atoms with Gasteiger partial charge in [-0.2, -0.15) is 0 Å². The number of thioether (sulfide) groups is 1. The molecule has 126 valence electrons. The molecule has 0 aromatic heterocycles. The highest BCUT2D eigenvalue weighted by Crippen LogP contribution is 2.29. The Balaban J connectivity index is 2.39. The molecule has 5 nitrogen and oxygen atoms in total. The van der Waals surface area contributed by atoms with E-state index in [9.17, 15) is 14.9 Å². The highest BCUT2D eigenvalue weighted by molar-refractivity contribution is 7.98. The van der Waals surface area contributed by atoms with Crippen LogP contribution in [0, 0.1) is 10.1 Å². The van der Waals surface area contributed by atoms with E-state index >= 15 is 0 Å². The summed E-state index contributed by atoms with van der Waals surface area (Å²) in [4.78, 5) is 25.9. The molecule has 0 fully saturated rings. The van der Waals surface area contributed by atoms with Crippen LogP contribution in [0.15, 0.2) is 53.4 Å². The summed E-state index contributed by atoms with van der Waals surface area (Å²) in [6.45, 7) is 2.64. The minimum atomic E-state index is -0.443. The smallest absolute Gasteiger partial charge is 0.283 e. The fourth-order valence-corrected chi connectivity index (χ4v) is 2.94. The average Bonchev–Trinajstić information content (AvgIpc) is 2.62. The molecule has 2 rings (SSSR count). The fourth-order valence-electron chi connectivity index (χ4n) is 2.39. The minimum Gasteiger partial charge on any atom is -0.308 e. The molecular formula is C18H20N2O3S. The zero-order valence-electron chi connectivity index (χ0n) is 13.8. The Labute approximate surface area is 145 Å². The third kappa shape index (κ3) is 4.14. The van der Waals surface area contributed by atoms with E-state index in [-0.39, 0.29) is 11.6 Å². The van der Waals surface area contributed by atoms with Crippen LogP contribution in [0.3, 0.4) is 0 Å². The molecule has 0 atom stereocenters. The van der Waals surface area contributed by atoms with Crippen molar-refractivity contribution < 1.29 is 9.72 Å². The van der Waals surface area contributed by atoms with Gasteiger partial charge in [0.1, 0.15) is 0 Å². The van der Waals surface area contributed by atoms with Crippen LogP contribution in [0.2, 0.25) is 0 Å². The number of anilines is 1. The molecule has 0 unspecified atom stereocenters. The first-order valence-corrected chi connectivity index (χ1v) is 9.00. The Kier molecular flexibility index (Phi) is 6.37. The Morgan fingerprint density at radius 1 is 1.21 bits per heavy atom. The first-order chi connectivity index (χ1) is 11.6. The Morgan fingerprint density at radius 3 is 2.50 bits per heavy atom. The summed E-state index contributed by atoms with van der Waals surface area (Å²) in [5, 5.41) is 11.2. The lowest BCUT2D eigenvalue weighted by Gasteiger charge is -2.23. The number of nitro groups is 1. The molecule has 0 saturated heterocycles. The molecule has 0 bridgehead atoms. The van der Waals surface area contributed by atoms with Crippen LogP contribution in [0.1, 0.15) is 30.1 Å². The molecular weight excluding hydrogens is 324 g/mol. The third-order valence-electron chi connectivity index (χ3n) is 3.67. The van der Waals surface area contributed by atoms with Crippen LogP contribution in [0.5, 0.6) is 0 Å². The van der Waals surface area contributed by atoms with Crippen molar-refractivity contribution in [2.24, 2.45) is 0 Å². The predicted molar refractivity (Wildman–Crippen MR) is 97.9 cm³/mol. The van der Waals surface area contributed by atoms with Gasteiger partial charge >= 0.3 is 0 Å². The summed E-state index contributed by atoms with van der Waals surface area (Å²) in [6, 6.07) is 14.1. The molecule has 0 N–H and O–H groups in total. The summed E-state index contributed by atoms with van der Waals surface area (Å²) in [5.41, 5.74) is 1.10. The molecule has 6 heteroatoms. The van der Waals surface area contributed by atoms with Crippen LogP contribution >= 0.6 is 11.8 Å². The number of hydrogen-bond donors (Lipinski definition) is 0. The lowest BCUT2D eigenvalue weighted by molar-refractivity contribution is -0.387. The van der Waals surface area contributed by atoms with Gasteiger partial charge in [0, 0.05) is 23.9 Å². The Morgan fingerprint density at radius 2 is 1.92 bits per heavy atom. The largest absolute Gasteiger partial charge is 0.308 e. The van der Waals surface area contributed by atoms with Crippen molar-refractivity contribution in [3.63, 3.8) is 0 Å². The summed E-state index contributed by atoms with van der Waals surface area (Å²) in [6.07, 6.45) is 3.61. The normalized spacial score (nSPS) is 10.4. The molecule has 2 aromatic carbocycles.